The van der Waals surface area contributed by atoms with E-state index in [1.165, 1.54) is 20.0 Å². The Labute approximate surface area is 208 Å². The van der Waals surface area contributed by atoms with Gasteiger partial charge in [-0.2, -0.15) is 0 Å². The molecule has 1 aliphatic heterocycles. The van der Waals surface area contributed by atoms with Gasteiger partial charge >= 0.3 is 23.9 Å². The second-order valence-corrected chi connectivity index (χ2v) is 8.73. The first-order valence-electron chi connectivity index (χ1n) is 10.2. The van der Waals surface area contributed by atoms with Gasteiger partial charge in [-0.15, -0.1) is 0 Å². The molecule has 194 valence electrons. The van der Waals surface area contributed by atoms with Crippen LogP contribution in [0, 0.1) is 0 Å². The van der Waals surface area contributed by atoms with Gasteiger partial charge in [-0.05, 0) is 0 Å². The number of hydrogen-bond acceptors (Lipinski definition) is 15. The minimum Gasteiger partial charge on any atom is -0.463 e. The lowest BCUT2D eigenvalue weighted by Gasteiger charge is -2.43. The monoisotopic (exact) mass is 535 g/mol. The Hall–Kier alpha value is -2.75. The maximum atomic E-state index is 11.8. The normalized spacial score (nSPS) is 23.6. The van der Waals surface area contributed by atoms with Crippen LogP contribution in [0.25, 0.3) is 0 Å². The van der Waals surface area contributed by atoms with E-state index in [9.17, 15) is 24.0 Å². The van der Waals surface area contributed by atoms with E-state index in [1.54, 1.807) is 0 Å². The second-order valence-electron chi connectivity index (χ2n) is 7.10. The number of rotatable bonds is 11. The average molecular weight is 536 g/mol. The van der Waals surface area contributed by atoms with Crippen molar-refractivity contribution < 1.29 is 56.6 Å². The summed E-state index contributed by atoms with van der Waals surface area (Å²) in [4.78, 5) is 62.4. The molecule has 1 saturated heterocycles. The number of Topliss-reactive ketones (excluding diaryl/α,β-unsaturated/α-hetero) is 1. The summed E-state index contributed by atoms with van der Waals surface area (Å²) in [6.45, 7) is 5.58. The van der Waals surface area contributed by atoms with E-state index in [2.05, 4.69) is 4.98 Å². The Morgan fingerprint density at radius 3 is 2.06 bits per heavy atom. The Morgan fingerprint density at radius 1 is 0.914 bits per heavy atom. The summed E-state index contributed by atoms with van der Waals surface area (Å²) < 4.78 is 37.7. The molecule has 5 atom stereocenters. The number of thiazole rings is 1. The van der Waals surface area contributed by atoms with E-state index in [0.29, 0.717) is 4.88 Å². The third-order valence-electron chi connectivity index (χ3n) is 4.19. The topological polar surface area (TPSA) is 163 Å². The molecule has 1 aromatic rings. The van der Waals surface area contributed by atoms with Gasteiger partial charge in [-0.1, -0.05) is 11.3 Å². The lowest BCUT2D eigenvalue weighted by Crippen LogP contribution is -2.62. The van der Waals surface area contributed by atoms with E-state index in [-0.39, 0.29) is 23.5 Å². The SMILES string of the molecule is CC(=O)OC[C@H]1O[C@H](OCSOc2ncc(C(C)=O)s2)[C@@H](OC(C)=O)[C@@H](OC(C)=O)[C@@H]1OC(C)=O. The van der Waals surface area contributed by atoms with Crippen LogP contribution in [0.1, 0.15) is 44.3 Å². The minimum atomic E-state index is -1.33. The van der Waals surface area contributed by atoms with Crippen LogP contribution in [-0.2, 0) is 47.6 Å². The predicted molar refractivity (Wildman–Crippen MR) is 118 cm³/mol. The molecule has 0 radical (unpaired) electrons. The predicted octanol–water partition coefficient (Wildman–Crippen LogP) is 1.43. The molecule has 1 aliphatic rings. The van der Waals surface area contributed by atoms with Gasteiger partial charge in [0.2, 0.25) is 0 Å². The highest BCUT2D eigenvalue weighted by atomic mass is 32.2. The number of hydrogen-bond donors (Lipinski definition) is 0. The first-order valence-corrected chi connectivity index (χ1v) is 11.9. The van der Waals surface area contributed by atoms with Crippen LogP contribution >= 0.6 is 23.4 Å². The van der Waals surface area contributed by atoms with Crippen molar-refractivity contribution in [3.63, 3.8) is 0 Å². The number of esters is 4. The van der Waals surface area contributed by atoms with E-state index in [0.717, 1.165) is 44.2 Å². The van der Waals surface area contributed by atoms with Crippen molar-refractivity contribution in [1.29, 1.82) is 0 Å². The zero-order valence-electron chi connectivity index (χ0n) is 19.5. The molecule has 15 heteroatoms. The zero-order valence-corrected chi connectivity index (χ0v) is 21.2. The van der Waals surface area contributed by atoms with E-state index in [4.69, 9.17) is 32.6 Å². The van der Waals surface area contributed by atoms with E-state index >= 15 is 0 Å². The quantitative estimate of drug-likeness (QED) is 0.0998. The number of carbonyl (C=O) groups excluding carboxylic acids is 5. The molecule has 0 unspecified atom stereocenters. The average Bonchev–Trinajstić information content (AvgIpc) is 3.22. The molecule has 0 N–H and O–H groups in total. The number of ketones is 1. The first kappa shape index (κ1) is 28.5. The first-order chi connectivity index (χ1) is 16.5. The molecule has 2 rings (SSSR count). The molecule has 1 fully saturated rings. The summed E-state index contributed by atoms with van der Waals surface area (Å²) in [5.41, 5.74) is 0. The molecule has 0 saturated carbocycles. The molecular formula is C20H25NO12S2. The molecular weight excluding hydrogens is 510 g/mol. The van der Waals surface area contributed by atoms with Gasteiger partial charge in [0.25, 0.3) is 5.19 Å². The van der Waals surface area contributed by atoms with Crippen LogP contribution in [0.4, 0.5) is 0 Å². The summed E-state index contributed by atoms with van der Waals surface area (Å²) in [7, 11) is 0. The molecule has 0 amide bonds. The molecule has 2 heterocycles. The molecule has 35 heavy (non-hydrogen) atoms. The fourth-order valence-corrected chi connectivity index (χ4v) is 4.16. The van der Waals surface area contributed by atoms with Crippen molar-refractivity contribution in [2.75, 3.05) is 12.5 Å². The lowest BCUT2D eigenvalue weighted by molar-refractivity contribution is -0.304. The van der Waals surface area contributed by atoms with Crippen LogP contribution in [0.2, 0.25) is 0 Å². The molecule has 1 aromatic heterocycles. The molecule has 0 spiro atoms. The number of carbonyl (C=O) groups is 5. The van der Waals surface area contributed by atoms with E-state index in [1.807, 2.05) is 0 Å². The van der Waals surface area contributed by atoms with Gasteiger partial charge in [0.15, 0.2) is 30.4 Å². The number of aromatic nitrogens is 1. The molecule has 13 nitrogen and oxygen atoms in total. The Kier molecular flexibility index (Phi) is 10.9. The molecule has 0 bridgehead atoms. The smallest absolute Gasteiger partial charge is 0.303 e. The summed E-state index contributed by atoms with van der Waals surface area (Å²) in [5.74, 6) is -3.19. The van der Waals surface area contributed by atoms with Gasteiger partial charge in [0, 0.05) is 34.6 Å². The largest absolute Gasteiger partial charge is 0.463 e. The summed E-state index contributed by atoms with van der Waals surface area (Å²) in [6.07, 6.45) is -5.00. The highest BCUT2D eigenvalue weighted by Crippen LogP contribution is 2.31. The van der Waals surface area contributed by atoms with Gasteiger partial charge in [-0.25, -0.2) is 4.98 Å². The van der Waals surface area contributed by atoms with Crippen LogP contribution < -0.4 is 4.18 Å². The van der Waals surface area contributed by atoms with Gasteiger partial charge < -0.3 is 32.6 Å². The van der Waals surface area contributed by atoms with Gasteiger partial charge in [0.05, 0.1) is 23.1 Å². The zero-order chi connectivity index (χ0) is 26.1. The maximum absolute atomic E-state index is 11.8. The van der Waals surface area contributed by atoms with Gasteiger partial charge in [-0.3, -0.25) is 24.0 Å². The lowest BCUT2D eigenvalue weighted by atomic mass is 9.98. The standard InChI is InChI=1S/C20H25NO12S2/c1-9(22)15-6-21-20(35-15)33-34-8-28-19-18(31-13(5)26)17(30-12(4)25)16(29-11(3)24)14(32-19)7-27-10(2)23/h6,14,16-19H,7-8H2,1-5H3/t14-,16-,17+,18+,19+/m1/s1. The van der Waals surface area contributed by atoms with Crippen LogP contribution in [0.3, 0.4) is 0 Å². The second kappa shape index (κ2) is 13.4. The van der Waals surface area contributed by atoms with Crippen molar-refractivity contribution in [1.82, 2.24) is 4.98 Å². The third kappa shape index (κ3) is 9.08. The van der Waals surface area contributed by atoms with Crippen LogP contribution in [0.5, 0.6) is 5.19 Å². The summed E-state index contributed by atoms with van der Waals surface area (Å²) >= 11 is 1.85. The summed E-state index contributed by atoms with van der Waals surface area (Å²) in [6, 6.07) is 0. The molecule has 0 aromatic carbocycles. The van der Waals surface area contributed by atoms with Crippen LogP contribution in [-0.4, -0.2) is 77.9 Å². The van der Waals surface area contributed by atoms with Gasteiger partial charge in [0.1, 0.15) is 18.6 Å². The Morgan fingerprint density at radius 2 is 1.51 bits per heavy atom. The van der Waals surface area contributed by atoms with Crippen molar-refractivity contribution in [3.05, 3.63) is 11.1 Å². The fourth-order valence-electron chi connectivity index (χ4n) is 2.95. The highest BCUT2D eigenvalue weighted by molar-refractivity contribution is 7.94. The summed E-state index contributed by atoms with van der Waals surface area (Å²) in [5, 5.41) is 0.213. The minimum absolute atomic E-state index is 0.156. The highest BCUT2D eigenvalue weighted by Gasteiger charge is 2.52. The number of ether oxygens (including phenoxy) is 6. The van der Waals surface area contributed by atoms with Crippen molar-refractivity contribution >= 4 is 53.0 Å². The Bertz CT molecular complexity index is 935. The maximum Gasteiger partial charge on any atom is 0.303 e. The fraction of sp³-hybridized carbons (Fsp3) is 0.600. The van der Waals surface area contributed by atoms with E-state index < -0.39 is 54.6 Å². The van der Waals surface area contributed by atoms with Crippen molar-refractivity contribution in [2.24, 2.45) is 0 Å². The van der Waals surface area contributed by atoms with Crippen LogP contribution in [0.15, 0.2) is 6.20 Å². The third-order valence-corrected chi connectivity index (χ3v) is 5.78. The number of nitrogens with zero attached hydrogens (tertiary/aromatic N) is 1. The van der Waals surface area contributed by atoms with Crippen molar-refractivity contribution in [2.45, 2.75) is 65.3 Å². The molecule has 0 aliphatic carbocycles. The Balaban J connectivity index is 2.19. The van der Waals surface area contributed by atoms with Crippen molar-refractivity contribution in [3.8, 4) is 5.19 Å².